The summed E-state index contributed by atoms with van der Waals surface area (Å²) in [6, 6.07) is 0. The van der Waals surface area contributed by atoms with Crippen LogP contribution < -0.4 is 0 Å². The van der Waals surface area contributed by atoms with Gasteiger partial charge >= 0.3 is 13.1 Å². The van der Waals surface area contributed by atoms with E-state index < -0.39 is 0 Å². The van der Waals surface area contributed by atoms with E-state index in [1.807, 2.05) is 48.5 Å². The van der Waals surface area contributed by atoms with Crippen LogP contribution in [0.25, 0.3) is 0 Å². The van der Waals surface area contributed by atoms with Crippen molar-refractivity contribution in [1.82, 2.24) is 0 Å². The van der Waals surface area contributed by atoms with Gasteiger partial charge in [-0.05, 0) is 79.1 Å². The summed E-state index contributed by atoms with van der Waals surface area (Å²) >= 11 is 0. The molecule has 1 heterocycles. The van der Waals surface area contributed by atoms with E-state index in [-0.39, 0.29) is 30.2 Å². The Morgan fingerprint density at radius 1 is 1.00 bits per heavy atom. The van der Waals surface area contributed by atoms with Gasteiger partial charge in [-0.3, -0.25) is 4.79 Å². The number of terminal acetylenes is 1. The summed E-state index contributed by atoms with van der Waals surface area (Å²) in [5, 5.41) is 0. The van der Waals surface area contributed by atoms with Crippen molar-refractivity contribution >= 4 is 13.1 Å². The molecule has 0 amide bonds. The van der Waals surface area contributed by atoms with Crippen LogP contribution in [0, 0.1) is 24.7 Å². The zero-order valence-electron chi connectivity index (χ0n) is 22.5. The van der Waals surface area contributed by atoms with E-state index in [1.165, 1.54) is 12.7 Å². The smallest absolute Gasteiger partial charge is 0.493 e. The summed E-state index contributed by atoms with van der Waals surface area (Å²) in [7, 11) is 2.81. The molecule has 0 N–H and O–H groups in total. The van der Waals surface area contributed by atoms with Crippen molar-refractivity contribution in [3.05, 3.63) is 23.4 Å². The van der Waals surface area contributed by atoms with Crippen molar-refractivity contribution in [2.45, 2.75) is 99.2 Å². The molecule has 5 nitrogen and oxygen atoms in total. The third kappa shape index (κ3) is 10.7. The van der Waals surface area contributed by atoms with E-state index in [1.54, 1.807) is 7.11 Å². The minimum Gasteiger partial charge on any atom is -0.502 e. The molecule has 184 valence electrons. The number of esters is 1. The minimum absolute atomic E-state index is 0.0224. The van der Waals surface area contributed by atoms with Gasteiger partial charge in [-0.1, -0.05) is 25.8 Å². The molecule has 0 aromatic rings. The molecule has 1 unspecified atom stereocenters. The van der Waals surface area contributed by atoms with Gasteiger partial charge in [0.2, 0.25) is 0 Å². The fourth-order valence-electron chi connectivity index (χ4n) is 3.09. The third-order valence-electron chi connectivity index (χ3n) is 6.29. The maximum atomic E-state index is 11.2. The standard InChI is InChI=1S/C13H24O2.C11H21BO3.C2H2/c1-6-12(9-10(2)3)8-7-11(4)13(14)15-5;1-8(9(2)13-7)12-14-10(3,4)11(5,6)15-12;1-2/h11-12H,2,6-9H2,1,3-5H3;1-7H3;1-2H/b;9-8-;/t11-,12?;;/m1../s1. The van der Waals surface area contributed by atoms with Crippen molar-refractivity contribution in [3.63, 3.8) is 0 Å². The van der Waals surface area contributed by atoms with Crippen LogP contribution >= 0.6 is 0 Å². The van der Waals surface area contributed by atoms with Gasteiger partial charge < -0.3 is 18.8 Å². The maximum Gasteiger partial charge on any atom is 0.493 e. The van der Waals surface area contributed by atoms with Crippen molar-refractivity contribution in [2.75, 3.05) is 14.2 Å². The summed E-state index contributed by atoms with van der Waals surface area (Å²) < 4.78 is 21.7. The van der Waals surface area contributed by atoms with E-state index in [0.29, 0.717) is 5.92 Å². The van der Waals surface area contributed by atoms with Crippen LogP contribution in [0.15, 0.2) is 23.4 Å². The molecule has 0 spiro atoms. The van der Waals surface area contributed by atoms with E-state index in [0.717, 1.165) is 36.9 Å². The molecule has 1 saturated heterocycles. The predicted molar refractivity (Wildman–Crippen MR) is 135 cm³/mol. The highest BCUT2D eigenvalue weighted by molar-refractivity contribution is 6.54. The number of carbonyl (C=O) groups excluding carboxylic acids is 1. The zero-order valence-corrected chi connectivity index (χ0v) is 22.5. The normalized spacial score (nSPS) is 18.6. The fourth-order valence-corrected chi connectivity index (χ4v) is 3.09. The molecule has 2 atom stereocenters. The van der Waals surface area contributed by atoms with E-state index in [2.05, 4.69) is 33.3 Å². The molecule has 0 radical (unpaired) electrons. The second kappa shape index (κ2) is 15.2. The Kier molecular flexibility index (Phi) is 15.4. The lowest BCUT2D eigenvalue weighted by atomic mass is 9.79. The fraction of sp³-hybridized carbons (Fsp3) is 0.731. The molecule has 0 saturated carbocycles. The van der Waals surface area contributed by atoms with Crippen LogP contribution in [0.4, 0.5) is 0 Å². The van der Waals surface area contributed by atoms with Gasteiger partial charge in [0.05, 0.1) is 37.1 Å². The first-order valence-corrected chi connectivity index (χ1v) is 11.3. The lowest BCUT2D eigenvalue weighted by molar-refractivity contribution is -0.145. The number of carbonyl (C=O) groups is 1. The van der Waals surface area contributed by atoms with Gasteiger partial charge in [0.1, 0.15) is 0 Å². The molecule has 32 heavy (non-hydrogen) atoms. The summed E-state index contributed by atoms with van der Waals surface area (Å²) in [6.45, 7) is 22.2. The minimum atomic E-state index is -0.296. The second-order valence-electron chi connectivity index (χ2n) is 9.47. The highest BCUT2D eigenvalue weighted by Crippen LogP contribution is 2.38. The molecular weight excluding hydrogens is 403 g/mol. The molecule has 0 aliphatic carbocycles. The van der Waals surface area contributed by atoms with Crippen molar-refractivity contribution < 1.29 is 23.6 Å². The average Bonchev–Trinajstić information content (AvgIpc) is 2.97. The molecule has 6 heteroatoms. The van der Waals surface area contributed by atoms with Gasteiger partial charge in [-0.25, -0.2) is 0 Å². The number of hydrogen-bond acceptors (Lipinski definition) is 5. The number of allylic oxidation sites excluding steroid dienone is 3. The molecule has 1 aliphatic rings. The van der Waals surface area contributed by atoms with E-state index in [4.69, 9.17) is 18.8 Å². The zero-order chi connectivity index (χ0) is 25.7. The van der Waals surface area contributed by atoms with E-state index in [9.17, 15) is 4.79 Å². The Labute approximate surface area is 198 Å². The van der Waals surface area contributed by atoms with Crippen LogP contribution in [0.1, 0.15) is 88.0 Å². The first-order valence-electron chi connectivity index (χ1n) is 11.3. The highest BCUT2D eigenvalue weighted by atomic mass is 16.7. The summed E-state index contributed by atoms with van der Waals surface area (Å²) in [6.07, 6.45) is 12.2. The van der Waals surface area contributed by atoms with Crippen LogP contribution in [-0.2, 0) is 23.6 Å². The molecule has 0 aromatic carbocycles. The Hall–Kier alpha value is -1.71. The van der Waals surface area contributed by atoms with Gasteiger partial charge in [-0.15, -0.1) is 19.4 Å². The maximum absolute atomic E-state index is 11.2. The van der Waals surface area contributed by atoms with Gasteiger partial charge in [0.25, 0.3) is 0 Å². The lowest BCUT2D eigenvalue weighted by Crippen LogP contribution is -2.41. The summed E-state index contributed by atoms with van der Waals surface area (Å²) in [5.74, 6) is 1.44. The highest BCUT2D eigenvalue weighted by Gasteiger charge is 2.52. The molecular formula is C26H47BO5. The SMILES string of the molecule is C#C.C=C(C)CC(CC)CC[C@@H](C)C(=O)OC.CO/C(C)=C(/C)B1OC(C)(C)C(C)(C)O1. The quantitative estimate of drug-likeness (QED) is 0.134. The number of methoxy groups -OCH3 is 2. The lowest BCUT2D eigenvalue weighted by Gasteiger charge is -2.32. The van der Waals surface area contributed by atoms with Gasteiger partial charge in [-0.2, -0.15) is 0 Å². The Balaban J connectivity index is 0. The van der Waals surface area contributed by atoms with Crippen LogP contribution in [-0.4, -0.2) is 38.5 Å². The Bertz CT molecular complexity index is 617. The number of hydrogen-bond donors (Lipinski definition) is 0. The largest absolute Gasteiger partial charge is 0.502 e. The Morgan fingerprint density at radius 3 is 1.81 bits per heavy atom. The molecule has 1 rings (SSSR count). The average molecular weight is 450 g/mol. The van der Waals surface area contributed by atoms with Crippen LogP contribution in [0.3, 0.4) is 0 Å². The van der Waals surface area contributed by atoms with Gasteiger partial charge in [0.15, 0.2) is 0 Å². The first-order chi connectivity index (χ1) is 14.7. The first kappa shape index (κ1) is 32.5. The van der Waals surface area contributed by atoms with Gasteiger partial charge in [0, 0.05) is 0 Å². The molecule has 1 fully saturated rings. The molecule has 0 aromatic heterocycles. The topological polar surface area (TPSA) is 54.0 Å². The molecule has 0 bridgehead atoms. The van der Waals surface area contributed by atoms with Crippen LogP contribution in [0.5, 0.6) is 0 Å². The Morgan fingerprint density at radius 2 is 1.47 bits per heavy atom. The number of rotatable bonds is 9. The molecule has 1 aliphatic heterocycles. The predicted octanol–water partition coefficient (Wildman–Crippen LogP) is 6.38. The third-order valence-corrected chi connectivity index (χ3v) is 6.29. The monoisotopic (exact) mass is 450 g/mol. The second-order valence-corrected chi connectivity index (χ2v) is 9.47. The summed E-state index contributed by atoms with van der Waals surface area (Å²) in [5.41, 5.74) is 1.66. The summed E-state index contributed by atoms with van der Waals surface area (Å²) in [4.78, 5) is 11.2. The van der Waals surface area contributed by atoms with Crippen molar-refractivity contribution in [2.24, 2.45) is 11.8 Å². The van der Waals surface area contributed by atoms with E-state index >= 15 is 0 Å². The van der Waals surface area contributed by atoms with Crippen molar-refractivity contribution in [1.29, 1.82) is 0 Å². The van der Waals surface area contributed by atoms with Crippen LogP contribution in [0.2, 0.25) is 0 Å². The number of ether oxygens (including phenoxy) is 2. The van der Waals surface area contributed by atoms with Crippen molar-refractivity contribution in [3.8, 4) is 12.8 Å².